The monoisotopic (exact) mass is 281 g/mol. The third-order valence-corrected chi connectivity index (χ3v) is 4.41. The van der Waals surface area contributed by atoms with Gasteiger partial charge in [0.05, 0.1) is 10.2 Å². The molecular weight excluding hydrogens is 261 g/mol. The van der Waals surface area contributed by atoms with E-state index >= 15 is 0 Å². The molecule has 1 aromatic carbocycles. The van der Waals surface area contributed by atoms with E-state index in [0.717, 1.165) is 34.9 Å². The molecular formula is C14H20FN3S. The smallest absolute Gasteiger partial charge is 0.183 e. The summed E-state index contributed by atoms with van der Waals surface area (Å²) in [6, 6.07) is 5.29. The molecule has 1 unspecified atom stereocenters. The van der Waals surface area contributed by atoms with Crippen molar-refractivity contribution in [3.8, 4) is 0 Å². The quantitative estimate of drug-likeness (QED) is 0.877. The van der Waals surface area contributed by atoms with E-state index in [1.54, 1.807) is 6.07 Å². The highest BCUT2D eigenvalue weighted by Gasteiger charge is 2.07. The Balaban J connectivity index is 1.91. The van der Waals surface area contributed by atoms with Crippen LogP contribution < -0.4 is 5.32 Å². The van der Waals surface area contributed by atoms with Gasteiger partial charge in [-0.1, -0.05) is 18.3 Å². The first-order chi connectivity index (χ1) is 9.10. The van der Waals surface area contributed by atoms with E-state index in [1.165, 1.54) is 23.5 Å². The maximum atomic E-state index is 13.1. The van der Waals surface area contributed by atoms with Gasteiger partial charge in [0.15, 0.2) is 5.13 Å². The zero-order chi connectivity index (χ0) is 13.8. The number of rotatable bonds is 6. The van der Waals surface area contributed by atoms with Crippen molar-refractivity contribution < 1.29 is 4.39 Å². The summed E-state index contributed by atoms with van der Waals surface area (Å²) < 4.78 is 14.0. The number of anilines is 1. The standard InChI is InChI=1S/C14H20FN3S/c1-4-10(2)18(3)8-7-16-14-17-12-6-5-11(15)9-13(12)19-14/h5-6,9-10H,4,7-8H2,1-3H3,(H,16,17). The molecule has 0 bridgehead atoms. The summed E-state index contributed by atoms with van der Waals surface area (Å²) in [6.45, 7) is 6.24. The number of halogens is 1. The SMILES string of the molecule is CCC(C)N(C)CCNc1nc2ccc(F)cc2s1. The third kappa shape index (κ3) is 3.64. The molecule has 0 spiro atoms. The molecule has 0 amide bonds. The number of hydrogen-bond donors (Lipinski definition) is 1. The zero-order valence-electron chi connectivity index (χ0n) is 11.6. The van der Waals surface area contributed by atoms with E-state index in [2.05, 4.69) is 36.1 Å². The van der Waals surface area contributed by atoms with Crippen LogP contribution in [0.4, 0.5) is 9.52 Å². The lowest BCUT2D eigenvalue weighted by atomic mass is 10.2. The molecule has 1 N–H and O–H groups in total. The van der Waals surface area contributed by atoms with Gasteiger partial charge in [-0.3, -0.25) is 0 Å². The first kappa shape index (κ1) is 14.2. The first-order valence-electron chi connectivity index (χ1n) is 6.60. The fourth-order valence-corrected chi connectivity index (χ4v) is 2.76. The van der Waals surface area contributed by atoms with Gasteiger partial charge in [-0.05, 0) is 38.6 Å². The molecule has 0 aliphatic carbocycles. The zero-order valence-corrected chi connectivity index (χ0v) is 12.4. The minimum absolute atomic E-state index is 0.209. The highest BCUT2D eigenvalue weighted by Crippen LogP contribution is 2.26. The Morgan fingerprint density at radius 3 is 3.00 bits per heavy atom. The predicted molar refractivity (Wildman–Crippen MR) is 80.5 cm³/mol. The number of nitrogens with zero attached hydrogens (tertiary/aromatic N) is 2. The molecule has 3 nitrogen and oxygen atoms in total. The van der Waals surface area contributed by atoms with Crippen molar-refractivity contribution in [3.05, 3.63) is 24.0 Å². The number of nitrogens with one attached hydrogen (secondary N) is 1. The summed E-state index contributed by atoms with van der Waals surface area (Å²) in [5.41, 5.74) is 0.851. The molecule has 0 aliphatic rings. The minimum atomic E-state index is -0.209. The van der Waals surface area contributed by atoms with Crippen LogP contribution in [0.1, 0.15) is 20.3 Å². The Hall–Kier alpha value is -1.20. The highest BCUT2D eigenvalue weighted by atomic mass is 32.1. The molecule has 2 aromatic rings. The minimum Gasteiger partial charge on any atom is -0.360 e. The number of aromatic nitrogens is 1. The molecule has 0 fully saturated rings. The van der Waals surface area contributed by atoms with Crippen molar-refractivity contribution in [1.82, 2.24) is 9.88 Å². The van der Waals surface area contributed by atoms with Crippen LogP contribution in [-0.4, -0.2) is 36.1 Å². The molecule has 1 atom stereocenters. The lowest BCUT2D eigenvalue weighted by molar-refractivity contribution is 0.261. The second-order valence-corrected chi connectivity index (χ2v) is 5.83. The maximum absolute atomic E-state index is 13.1. The van der Waals surface area contributed by atoms with Crippen LogP contribution in [0, 0.1) is 5.82 Å². The Morgan fingerprint density at radius 1 is 1.47 bits per heavy atom. The summed E-state index contributed by atoms with van der Waals surface area (Å²) in [6.07, 6.45) is 1.15. The van der Waals surface area contributed by atoms with Crippen LogP contribution in [0.2, 0.25) is 0 Å². The summed E-state index contributed by atoms with van der Waals surface area (Å²) in [5.74, 6) is -0.209. The summed E-state index contributed by atoms with van der Waals surface area (Å²) in [7, 11) is 2.13. The number of benzene rings is 1. The normalized spacial score (nSPS) is 13.1. The number of thiazole rings is 1. The van der Waals surface area contributed by atoms with Gasteiger partial charge in [-0.15, -0.1) is 0 Å². The third-order valence-electron chi connectivity index (χ3n) is 3.43. The summed E-state index contributed by atoms with van der Waals surface area (Å²) >= 11 is 1.50. The summed E-state index contributed by atoms with van der Waals surface area (Å²) in [4.78, 5) is 6.76. The van der Waals surface area contributed by atoms with Crippen LogP contribution in [0.3, 0.4) is 0 Å². The molecule has 19 heavy (non-hydrogen) atoms. The van der Waals surface area contributed by atoms with E-state index in [0.29, 0.717) is 6.04 Å². The van der Waals surface area contributed by atoms with Crippen LogP contribution in [0.15, 0.2) is 18.2 Å². The predicted octanol–water partition coefficient (Wildman–Crippen LogP) is 3.58. The van der Waals surface area contributed by atoms with Crippen molar-refractivity contribution in [3.63, 3.8) is 0 Å². The molecule has 1 aromatic heterocycles. The lowest BCUT2D eigenvalue weighted by Gasteiger charge is -2.23. The van der Waals surface area contributed by atoms with E-state index < -0.39 is 0 Å². The molecule has 2 rings (SSSR count). The Morgan fingerprint density at radius 2 is 2.26 bits per heavy atom. The molecule has 5 heteroatoms. The first-order valence-corrected chi connectivity index (χ1v) is 7.42. The van der Waals surface area contributed by atoms with Gasteiger partial charge < -0.3 is 10.2 Å². The molecule has 0 radical (unpaired) electrons. The maximum Gasteiger partial charge on any atom is 0.183 e. The second-order valence-electron chi connectivity index (χ2n) is 4.80. The van der Waals surface area contributed by atoms with Crippen molar-refractivity contribution in [2.45, 2.75) is 26.3 Å². The number of fused-ring (bicyclic) bond motifs is 1. The van der Waals surface area contributed by atoms with Crippen molar-refractivity contribution in [2.24, 2.45) is 0 Å². The van der Waals surface area contributed by atoms with Gasteiger partial charge in [-0.2, -0.15) is 0 Å². The summed E-state index contributed by atoms with van der Waals surface area (Å²) in [5, 5.41) is 4.17. The molecule has 0 aliphatic heterocycles. The van der Waals surface area contributed by atoms with E-state index in [9.17, 15) is 4.39 Å². The van der Waals surface area contributed by atoms with Gasteiger partial charge in [-0.25, -0.2) is 9.37 Å². The molecule has 0 saturated heterocycles. The van der Waals surface area contributed by atoms with Gasteiger partial charge in [0.1, 0.15) is 5.82 Å². The van der Waals surface area contributed by atoms with Crippen LogP contribution >= 0.6 is 11.3 Å². The van der Waals surface area contributed by atoms with Gasteiger partial charge in [0, 0.05) is 19.1 Å². The largest absolute Gasteiger partial charge is 0.360 e. The molecule has 1 heterocycles. The molecule has 0 saturated carbocycles. The van der Waals surface area contributed by atoms with Gasteiger partial charge in [0.2, 0.25) is 0 Å². The van der Waals surface area contributed by atoms with Gasteiger partial charge in [0.25, 0.3) is 0 Å². The Bertz CT molecular complexity index is 540. The fraction of sp³-hybridized carbons (Fsp3) is 0.500. The lowest BCUT2D eigenvalue weighted by Crippen LogP contribution is -2.32. The van der Waals surface area contributed by atoms with Crippen molar-refractivity contribution in [1.29, 1.82) is 0 Å². The second kappa shape index (κ2) is 6.30. The number of hydrogen-bond acceptors (Lipinski definition) is 4. The topological polar surface area (TPSA) is 28.2 Å². The van der Waals surface area contributed by atoms with E-state index in [1.807, 2.05) is 0 Å². The Labute approximate surface area is 117 Å². The Kier molecular flexibility index (Phi) is 4.71. The van der Waals surface area contributed by atoms with Crippen molar-refractivity contribution >= 4 is 26.7 Å². The fourth-order valence-electron chi connectivity index (χ4n) is 1.85. The molecule has 104 valence electrons. The van der Waals surface area contributed by atoms with Crippen molar-refractivity contribution in [2.75, 3.05) is 25.5 Å². The highest BCUT2D eigenvalue weighted by molar-refractivity contribution is 7.22. The van der Waals surface area contributed by atoms with E-state index in [-0.39, 0.29) is 5.82 Å². The average Bonchev–Trinajstić information content (AvgIpc) is 2.79. The van der Waals surface area contributed by atoms with E-state index in [4.69, 9.17) is 0 Å². The van der Waals surface area contributed by atoms with Crippen LogP contribution in [-0.2, 0) is 0 Å². The van der Waals surface area contributed by atoms with Gasteiger partial charge >= 0.3 is 0 Å². The number of likely N-dealkylation sites (N-methyl/N-ethyl adjacent to an activating group) is 1. The average molecular weight is 281 g/mol. The van der Waals surface area contributed by atoms with Crippen LogP contribution in [0.5, 0.6) is 0 Å². The van der Waals surface area contributed by atoms with Crippen LogP contribution in [0.25, 0.3) is 10.2 Å².